The van der Waals surface area contributed by atoms with Crippen molar-refractivity contribution < 1.29 is 38.5 Å². The quantitative estimate of drug-likeness (QED) is 0.441. The van der Waals surface area contributed by atoms with Crippen LogP contribution in [0.5, 0.6) is 0 Å². The minimum Gasteiger partial charge on any atom is -0.398 e. The number of fused-ring (bicyclic) bond motifs is 1. The van der Waals surface area contributed by atoms with Gasteiger partial charge in [0.25, 0.3) is 10.1 Å². The molecule has 0 bridgehead atoms. The van der Waals surface area contributed by atoms with E-state index in [0.29, 0.717) is 0 Å². The van der Waals surface area contributed by atoms with Gasteiger partial charge in [-0.15, -0.1) is 0 Å². The van der Waals surface area contributed by atoms with E-state index in [1.807, 2.05) is 0 Å². The van der Waals surface area contributed by atoms with Crippen LogP contribution < -0.4 is 5.73 Å². The first kappa shape index (κ1) is 19.6. The van der Waals surface area contributed by atoms with E-state index in [0.717, 1.165) is 18.2 Å². The summed E-state index contributed by atoms with van der Waals surface area (Å²) in [6, 6.07) is 5.64. The van der Waals surface area contributed by atoms with E-state index in [1.54, 1.807) is 0 Å². The topological polar surface area (TPSA) is 178 Å². The molecule has 0 aliphatic heterocycles. The summed E-state index contributed by atoms with van der Waals surface area (Å²) in [5.74, 6) is -0.804. The molecule has 0 amide bonds. The van der Waals surface area contributed by atoms with Crippen LogP contribution in [0.3, 0.4) is 0 Å². The maximum atomic E-state index is 12.4. The third kappa shape index (κ3) is 4.65. The molecule has 2 aromatic carbocycles. The summed E-state index contributed by atoms with van der Waals surface area (Å²) in [4.78, 5) is -0.864. The van der Waals surface area contributed by atoms with Crippen molar-refractivity contribution in [2.75, 3.05) is 18.1 Å². The summed E-state index contributed by atoms with van der Waals surface area (Å²) in [5.41, 5.74) is 5.91. The molecule has 2 aromatic rings. The first-order valence-corrected chi connectivity index (χ1v) is 10.9. The van der Waals surface area contributed by atoms with Gasteiger partial charge in [-0.25, -0.2) is 12.6 Å². The van der Waals surface area contributed by atoms with Crippen LogP contribution in [0.2, 0.25) is 0 Å². The molecule has 0 aliphatic rings. The Morgan fingerprint density at radius 3 is 2.12 bits per heavy atom. The molecule has 13 heteroatoms. The number of hydrogen-bond donors (Lipinski definition) is 3. The van der Waals surface area contributed by atoms with Crippen LogP contribution >= 0.6 is 0 Å². The minimum atomic E-state index is -4.80. The Hall–Kier alpha value is -1.77. The molecule has 4 N–H and O–H groups in total. The Balaban J connectivity index is 2.58. The molecular weight excluding hydrogens is 398 g/mol. The largest absolute Gasteiger partial charge is 0.398 e. The molecule has 0 aliphatic carbocycles. The number of nitrogen functional groups attached to an aromatic ring is 1. The van der Waals surface area contributed by atoms with Gasteiger partial charge in [0.2, 0.25) is 0 Å². The summed E-state index contributed by atoms with van der Waals surface area (Å²) < 4.78 is 89.9. The second-order valence-electron chi connectivity index (χ2n) is 4.90. The van der Waals surface area contributed by atoms with Crippen molar-refractivity contribution >= 4 is 46.8 Å². The summed E-state index contributed by atoms with van der Waals surface area (Å²) in [5, 5.41) is 0.158. The van der Waals surface area contributed by atoms with Gasteiger partial charge in [-0.1, -0.05) is 6.07 Å². The molecule has 0 saturated heterocycles. The molecular formula is C12H13NO9S3. The monoisotopic (exact) mass is 411 g/mol. The van der Waals surface area contributed by atoms with Gasteiger partial charge in [0.05, 0.1) is 22.2 Å². The zero-order valence-electron chi connectivity index (χ0n) is 12.4. The van der Waals surface area contributed by atoms with Crippen LogP contribution in [0.15, 0.2) is 40.1 Å². The lowest BCUT2D eigenvalue weighted by molar-refractivity contribution is 0.284. The van der Waals surface area contributed by atoms with Gasteiger partial charge in [0, 0.05) is 16.5 Å². The number of rotatable bonds is 6. The van der Waals surface area contributed by atoms with Crippen LogP contribution in [0.1, 0.15) is 0 Å². The number of anilines is 1. The van der Waals surface area contributed by atoms with E-state index in [4.69, 9.17) is 14.8 Å². The summed E-state index contributed by atoms with van der Waals surface area (Å²) >= 11 is 0. The second-order valence-corrected chi connectivity index (χ2v) is 9.49. The van der Waals surface area contributed by atoms with Crippen molar-refractivity contribution in [3.8, 4) is 0 Å². The predicted molar refractivity (Wildman–Crippen MR) is 87.7 cm³/mol. The number of nitrogens with two attached hydrogens (primary N) is 1. The summed E-state index contributed by atoms with van der Waals surface area (Å²) in [6.07, 6.45) is 0. The molecule has 0 radical (unpaired) electrons. The highest BCUT2D eigenvalue weighted by molar-refractivity contribution is 7.91. The van der Waals surface area contributed by atoms with Gasteiger partial charge in [0.1, 0.15) is 0 Å². The van der Waals surface area contributed by atoms with Crippen molar-refractivity contribution in [3.63, 3.8) is 0 Å². The van der Waals surface area contributed by atoms with Crippen molar-refractivity contribution in [2.24, 2.45) is 0 Å². The van der Waals surface area contributed by atoms with Gasteiger partial charge in [0.15, 0.2) is 9.84 Å². The Labute approximate surface area is 143 Å². The maximum Gasteiger partial charge on any atom is 0.397 e. The number of benzene rings is 2. The van der Waals surface area contributed by atoms with Crippen LogP contribution in [0.25, 0.3) is 10.8 Å². The van der Waals surface area contributed by atoms with E-state index in [2.05, 4.69) is 4.18 Å². The van der Waals surface area contributed by atoms with Crippen LogP contribution in [-0.2, 0) is 34.5 Å². The molecule has 25 heavy (non-hydrogen) atoms. The Morgan fingerprint density at radius 1 is 0.920 bits per heavy atom. The smallest absolute Gasteiger partial charge is 0.397 e. The standard InChI is InChI=1S/C12H13NO9S3/c13-11-3-4-12(23(14,15)6-5-22-25(19,20)21)10-7-8(24(16,17)18)1-2-9(10)11/h1-4,7H,5-6,13H2,(H,16,17,18)(H,19,20,21). The third-order valence-corrected chi connectivity index (χ3v) is 6.24. The lowest BCUT2D eigenvalue weighted by Crippen LogP contribution is -2.16. The maximum absolute atomic E-state index is 12.4. The van der Waals surface area contributed by atoms with Crippen LogP contribution in [-0.4, -0.2) is 46.7 Å². The van der Waals surface area contributed by atoms with Crippen molar-refractivity contribution in [2.45, 2.75) is 9.79 Å². The van der Waals surface area contributed by atoms with Crippen LogP contribution in [0.4, 0.5) is 5.69 Å². The molecule has 0 fully saturated rings. The summed E-state index contributed by atoms with van der Waals surface area (Å²) in [6.45, 7) is -0.842. The number of sulfone groups is 1. The normalized spacial score (nSPS) is 13.2. The second kappa shape index (κ2) is 6.51. The van der Waals surface area contributed by atoms with Gasteiger partial charge in [-0.3, -0.25) is 9.11 Å². The average Bonchev–Trinajstić information content (AvgIpc) is 2.44. The molecule has 0 unspecified atom stereocenters. The van der Waals surface area contributed by atoms with E-state index >= 15 is 0 Å². The first-order valence-electron chi connectivity index (χ1n) is 6.45. The van der Waals surface area contributed by atoms with E-state index in [9.17, 15) is 25.3 Å². The summed E-state index contributed by atoms with van der Waals surface area (Å²) in [7, 11) is -13.5. The highest BCUT2D eigenvalue weighted by Crippen LogP contribution is 2.30. The molecule has 10 nitrogen and oxygen atoms in total. The van der Waals surface area contributed by atoms with Gasteiger partial charge >= 0.3 is 10.4 Å². The lowest BCUT2D eigenvalue weighted by atomic mass is 10.1. The molecule has 0 heterocycles. The zero-order valence-corrected chi connectivity index (χ0v) is 14.8. The fourth-order valence-corrected chi connectivity index (χ4v) is 4.32. The van der Waals surface area contributed by atoms with E-state index in [1.165, 1.54) is 12.1 Å². The van der Waals surface area contributed by atoms with Crippen LogP contribution in [0, 0.1) is 0 Å². The van der Waals surface area contributed by atoms with Crippen molar-refractivity contribution in [1.82, 2.24) is 0 Å². The average molecular weight is 411 g/mol. The first-order chi connectivity index (χ1) is 11.3. The molecule has 0 atom stereocenters. The van der Waals surface area contributed by atoms with Gasteiger partial charge in [-0.05, 0) is 24.3 Å². The predicted octanol–water partition coefficient (Wildman–Crippen LogP) is 0.262. The van der Waals surface area contributed by atoms with Crippen molar-refractivity contribution in [3.05, 3.63) is 30.3 Å². The molecule has 138 valence electrons. The molecule has 0 spiro atoms. The van der Waals surface area contributed by atoms with Gasteiger partial charge < -0.3 is 5.73 Å². The SMILES string of the molecule is Nc1ccc(S(=O)(=O)CCOS(=O)(=O)O)c2cc(S(=O)(=O)O)ccc12. The van der Waals surface area contributed by atoms with Crippen molar-refractivity contribution in [1.29, 1.82) is 0 Å². The van der Waals surface area contributed by atoms with E-state index < -0.39 is 47.6 Å². The molecule has 2 rings (SSSR count). The molecule has 0 saturated carbocycles. The fourth-order valence-electron chi connectivity index (χ4n) is 2.11. The Morgan fingerprint density at radius 2 is 1.56 bits per heavy atom. The Bertz CT molecular complexity index is 1140. The van der Waals surface area contributed by atoms with E-state index in [-0.39, 0.29) is 21.4 Å². The Kier molecular flexibility index (Phi) is 5.09. The third-order valence-electron chi connectivity index (χ3n) is 3.20. The fraction of sp³-hybridized carbons (Fsp3) is 0.167. The van der Waals surface area contributed by atoms with Gasteiger partial charge in [-0.2, -0.15) is 16.8 Å². The highest BCUT2D eigenvalue weighted by atomic mass is 32.3. The minimum absolute atomic E-state index is 0.0676. The zero-order chi connectivity index (χ0) is 19.0. The highest BCUT2D eigenvalue weighted by Gasteiger charge is 2.21. The lowest BCUT2D eigenvalue weighted by Gasteiger charge is -2.11. The molecule has 0 aromatic heterocycles. The number of hydrogen-bond acceptors (Lipinski definition) is 8.